The summed E-state index contributed by atoms with van der Waals surface area (Å²) >= 11 is 0. The molecule has 2 heterocycles. The lowest BCUT2D eigenvalue weighted by molar-refractivity contribution is -0.131. The van der Waals surface area contributed by atoms with Crippen LogP contribution in [0.2, 0.25) is 0 Å². The van der Waals surface area contributed by atoms with E-state index in [1.807, 2.05) is 4.90 Å². The van der Waals surface area contributed by atoms with Crippen molar-refractivity contribution >= 4 is 21.8 Å². The van der Waals surface area contributed by atoms with Crippen molar-refractivity contribution in [3.05, 3.63) is 29.8 Å². The Morgan fingerprint density at radius 2 is 2.00 bits per heavy atom. The molecule has 0 aromatic heterocycles. The highest BCUT2D eigenvalue weighted by atomic mass is 32.2. The summed E-state index contributed by atoms with van der Waals surface area (Å²) in [5.74, 6) is 0.302. The summed E-state index contributed by atoms with van der Waals surface area (Å²) in [6.07, 6.45) is 4.54. The molecule has 0 saturated carbocycles. The van der Waals surface area contributed by atoms with Gasteiger partial charge in [0, 0.05) is 18.7 Å². The van der Waals surface area contributed by atoms with Crippen LogP contribution < -0.4 is 4.72 Å². The van der Waals surface area contributed by atoms with Crippen molar-refractivity contribution in [1.29, 1.82) is 0 Å². The molecule has 1 unspecified atom stereocenters. The van der Waals surface area contributed by atoms with Crippen LogP contribution in [0.15, 0.2) is 34.2 Å². The van der Waals surface area contributed by atoms with Gasteiger partial charge in [0.2, 0.25) is 5.91 Å². The highest BCUT2D eigenvalue weighted by molar-refractivity contribution is 7.90. The molecule has 0 bridgehead atoms. The van der Waals surface area contributed by atoms with Gasteiger partial charge in [-0.3, -0.25) is 14.5 Å². The van der Waals surface area contributed by atoms with Gasteiger partial charge < -0.3 is 4.90 Å². The molecule has 1 atom stereocenters. The number of benzene rings is 1. The molecule has 1 aromatic carbocycles. The number of aliphatic imine (C=N–C) groups is 1. The first-order chi connectivity index (χ1) is 11.5. The van der Waals surface area contributed by atoms with Gasteiger partial charge >= 0.3 is 0 Å². The van der Waals surface area contributed by atoms with Crippen molar-refractivity contribution in [2.24, 2.45) is 4.99 Å². The number of hydrogen-bond donors (Lipinski definition) is 1. The molecular weight excluding hydrogens is 326 g/mol. The van der Waals surface area contributed by atoms with Crippen LogP contribution in [0.4, 0.5) is 0 Å². The first kappa shape index (κ1) is 17.0. The van der Waals surface area contributed by atoms with Crippen LogP contribution in [0.5, 0.6) is 0 Å². The van der Waals surface area contributed by atoms with E-state index in [2.05, 4.69) is 16.6 Å². The fourth-order valence-corrected chi connectivity index (χ4v) is 4.41. The molecule has 0 radical (unpaired) electrons. The van der Waals surface area contributed by atoms with Gasteiger partial charge in [0.1, 0.15) is 11.9 Å². The second-order valence-corrected chi connectivity index (χ2v) is 7.92. The fraction of sp³-hybridized carbons (Fsp3) is 0.529. The summed E-state index contributed by atoms with van der Waals surface area (Å²) in [4.78, 5) is 19.4. The summed E-state index contributed by atoms with van der Waals surface area (Å²) < 4.78 is 26.9. The Morgan fingerprint density at radius 3 is 2.71 bits per heavy atom. The number of nitrogens with zero attached hydrogens (tertiary/aromatic N) is 2. The highest BCUT2D eigenvalue weighted by Gasteiger charge is 2.33. The zero-order valence-electron chi connectivity index (χ0n) is 13.9. The van der Waals surface area contributed by atoms with Gasteiger partial charge in [-0.2, -0.15) is 0 Å². The number of sulfonamides is 1. The molecule has 24 heavy (non-hydrogen) atoms. The third-order valence-corrected chi connectivity index (χ3v) is 5.88. The van der Waals surface area contributed by atoms with Gasteiger partial charge in [-0.25, -0.2) is 8.42 Å². The molecule has 1 fully saturated rings. The zero-order chi connectivity index (χ0) is 17.2. The molecular formula is C17H23N3O3S. The Labute approximate surface area is 143 Å². The van der Waals surface area contributed by atoms with Gasteiger partial charge in [0.25, 0.3) is 10.0 Å². The lowest BCUT2D eigenvalue weighted by atomic mass is 10.1. The minimum atomic E-state index is -3.57. The second-order valence-electron chi connectivity index (χ2n) is 6.27. The molecule has 0 spiro atoms. The molecule has 2 aliphatic rings. The van der Waals surface area contributed by atoms with Gasteiger partial charge in [0.05, 0.1) is 4.90 Å². The van der Waals surface area contributed by atoms with Crippen LogP contribution in [0.1, 0.15) is 44.6 Å². The predicted octanol–water partition coefficient (Wildman–Crippen LogP) is 1.91. The zero-order valence-corrected chi connectivity index (χ0v) is 14.7. The predicted molar refractivity (Wildman–Crippen MR) is 92.4 cm³/mol. The first-order valence-corrected chi connectivity index (χ1v) is 10.00. The number of likely N-dealkylation sites (tertiary alicyclic amines) is 1. The number of amidine groups is 1. The number of carbonyl (C=O) groups is 1. The highest BCUT2D eigenvalue weighted by Crippen LogP contribution is 2.24. The normalized spacial score (nSPS) is 21.5. The van der Waals surface area contributed by atoms with Crippen LogP contribution in [0, 0.1) is 0 Å². The monoisotopic (exact) mass is 349 g/mol. The standard InChI is InChI=1S/C17H23N3O3S/c1-2-3-9-14(17(21)20-11-6-7-12-20)18-16-13-8-4-5-10-15(13)24(22,23)19-16/h4-5,8,10,14H,2-3,6-7,9,11-12H2,1H3,(H,18,19). The quantitative estimate of drug-likeness (QED) is 0.882. The van der Waals surface area contributed by atoms with E-state index >= 15 is 0 Å². The largest absolute Gasteiger partial charge is 0.341 e. The number of fused-ring (bicyclic) bond motifs is 1. The van der Waals surface area contributed by atoms with Crippen LogP contribution in [0.25, 0.3) is 0 Å². The number of nitrogens with one attached hydrogen (secondary N) is 1. The minimum Gasteiger partial charge on any atom is -0.341 e. The van der Waals surface area contributed by atoms with Crippen molar-refractivity contribution in [3.63, 3.8) is 0 Å². The van der Waals surface area contributed by atoms with Gasteiger partial charge in [-0.1, -0.05) is 31.9 Å². The first-order valence-electron chi connectivity index (χ1n) is 8.51. The number of carbonyl (C=O) groups excluding carboxylic acids is 1. The topological polar surface area (TPSA) is 78.8 Å². The van der Waals surface area contributed by atoms with Crippen molar-refractivity contribution in [2.45, 2.75) is 50.0 Å². The number of rotatable bonds is 5. The van der Waals surface area contributed by atoms with Gasteiger partial charge in [-0.15, -0.1) is 0 Å². The number of amides is 1. The average Bonchev–Trinajstić information content (AvgIpc) is 3.18. The Bertz CT molecular complexity index is 752. The SMILES string of the molecule is CCCCC(N=C1NS(=O)(=O)c2ccccc21)C(=O)N1CCCC1. The van der Waals surface area contributed by atoms with E-state index in [0.717, 1.165) is 38.8 Å². The second kappa shape index (κ2) is 6.93. The van der Waals surface area contributed by atoms with Crippen molar-refractivity contribution in [3.8, 4) is 0 Å². The van der Waals surface area contributed by atoms with E-state index < -0.39 is 16.1 Å². The van der Waals surface area contributed by atoms with Crippen LogP contribution in [0.3, 0.4) is 0 Å². The lowest BCUT2D eigenvalue weighted by Gasteiger charge is -2.21. The van der Waals surface area contributed by atoms with E-state index in [9.17, 15) is 13.2 Å². The van der Waals surface area contributed by atoms with Gasteiger partial charge in [0.15, 0.2) is 0 Å². The maximum Gasteiger partial charge on any atom is 0.263 e. The minimum absolute atomic E-state index is 0.0111. The molecule has 1 amide bonds. The van der Waals surface area contributed by atoms with Crippen LogP contribution >= 0.6 is 0 Å². The summed E-state index contributed by atoms with van der Waals surface area (Å²) in [7, 11) is -3.57. The molecule has 0 aliphatic carbocycles. The molecule has 1 N–H and O–H groups in total. The fourth-order valence-electron chi connectivity index (χ4n) is 3.17. The maximum absolute atomic E-state index is 12.8. The maximum atomic E-state index is 12.8. The summed E-state index contributed by atoms with van der Waals surface area (Å²) in [6.45, 7) is 3.61. The number of hydrogen-bond acceptors (Lipinski definition) is 4. The molecule has 6 nitrogen and oxygen atoms in total. The molecule has 7 heteroatoms. The van der Waals surface area contributed by atoms with E-state index in [0.29, 0.717) is 17.8 Å². The Balaban J connectivity index is 1.91. The third-order valence-electron chi connectivity index (χ3n) is 4.48. The Morgan fingerprint density at radius 1 is 1.29 bits per heavy atom. The van der Waals surface area contributed by atoms with Crippen molar-refractivity contribution in [2.75, 3.05) is 13.1 Å². The lowest BCUT2D eigenvalue weighted by Crippen LogP contribution is -2.37. The van der Waals surface area contributed by atoms with E-state index in [4.69, 9.17) is 0 Å². The Hall–Kier alpha value is -1.89. The molecule has 1 aromatic rings. The number of unbranched alkanes of at least 4 members (excludes halogenated alkanes) is 1. The van der Waals surface area contributed by atoms with Gasteiger partial charge in [-0.05, 0) is 31.4 Å². The summed E-state index contributed by atoms with van der Waals surface area (Å²) in [5, 5.41) is 0. The van der Waals surface area contributed by atoms with E-state index in [1.54, 1.807) is 24.3 Å². The molecule has 3 rings (SSSR count). The molecule has 2 aliphatic heterocycles. The van der Waals surface area contributed by atoms with Crippen molar-refractivity contribution < 1.29 is 13.2 Å². The average molecular weight is 349 g/mol. The Kier molecular flexibility index (Phi) is 4.89. The smallest absolute Gasteiger partial charge is 0.263 e. The summed E-state index contributed by atoms with van der Waals surface area (Å²) in [6, 6.07) is 6.23. The molecule has 130 valence electrons. The van der Waals surface area contributed by atoms with E-state index in [1.165, 1.54) is 0 Å². The van der Waals surface area contributed by atoms with Crippen LogP contribution in [-0.4, -0.2) is 44.2 Å². The summed E-state index contributed by atoms with van der Waals surface area (Å²) in [5.41, 5.74) is 0.549. The van der Waals surface area contributed by atoms with E-state index in [-0.39, 0.29) is 10.8 Å². The molecule has 1 saturated heterocycles. The van der Waals surface area contributed by atoms with Crippen LogP contribution in [-0.2, 0) is 14.8 Å². The van der Waals surface area contributed by atoms with Crippen molar-refractivity contribution in [1.82, 2.24) is 9.62 Å². The third kappa shape index (κ3) is 3.31.